The summed E-state index contributed by atoms with van der Waals surface area (Å²) in [6, 6.07) is 0.529. The summed E-state index contributed by atoms with van der Waals surface area (Å²) >= 11 is 0. The molecule has 0 radical (unpaired) electrons. The molecule has 0 aromatic carbocycles. The molecular formula is C13H27ClN2O. The highest BCUT2D eigenvalue weighted by Gasteiger charge is 2.23. The summed E-state index contributed by atoms with van der Waals surface area (Å²) in [6.45, 7) is 3.92. The predicted octanol–water partition coefficient (Wildman–Crippen LogP) is 2.59. The van der Waals surface area contributed by atoms with Gasteiger partial charge in [-0.1, -0.05) is 19.3 Å². The summed E-state index contributed by atoms with van der Waals surface area (Å²) in [6.07, 6.45) is 8.03. The lowest BCUT2D eigenvalue weighted by molar-refractivity contribution is -0.134. The topological polar surface area (TPSA) is 32.3 Å². The summed E-state index contributed by atoms with van der Waals surface area (Å²) in [5.74, 6) is 0.352. The van der Waals surface area contributed by atoms with Gasteiger partial charge in [0.15, 0.2) is 0 Å². The molecule has 0 bridgehead atoms. The Kier molecular flexibility index (Phi) is 9.56. The van der Waals surface area contributed by atoms with Gasteiger partial charge in [0.2, 0.25) is 5.91 Å². The molecule has 1 rings (SSSR count). The van der Waals surface area contributed by atoms with Crippen molar-refractivity contribution in [3.05, 3.63) is 0 Å². The Morgan fingerprint density at radius 1 is 1.29 bits per heavy atom. The molecule has 0 saturated heterocycles. The monoisotopic (exact) mass is 262 g/mol. The van der Waals surface area contributed by atoms with Crippen molar-refractivity contribution in [2.24, 2.45) is 0 Å². The van der Waals surface area contributed by atoms with Gasteiger partial charge in [0.1, 0.15) is 0 Å². The van der Waals surface area contributed by atoms with Crippen LogP contribution in [0.5, 0.6) is 0 Å². The summed E-state index contributed by atoms with van der Waals surface area (Å²) in [5, 5.41) is 3.09. The van der Waals surface area contributed by atoms with Crippen LogP contribution in [0, 0.1) is 0 Å². The maximum atomic E-state index is 12.0. The van der Waals surface area contributed by atoms with Crippen molar-refractivity contribution in [2.45, 2.75) is 57.9 Å². The summed E-state index contributed by atoms with van der Waals surface area (Å²) in [4.78, 5) is 14.2. The summed E-state index contributed by atoms with van der Waals surface area (Å²) < 4.78 is 0. The number of nitrogens with one attached hydrogen (secondary N) is 1. The predicted molar refractivity (Wildman–Crippen MR) is 74.7 cm³/mol. The van der Waals surface area contributed by atoms with Crippen molar-refractivity contribution in [3.8, 4) is 0 Å². The van der Waals surface area contributed by atoms with Crippen LogP contribution in [0.1, 0.15) is 51.9 Å². The molecule has 102 valence electrons. The van der Waals surface area contributed by atoms with E-state index in [1.807, 2.05) is 7.05 Å². The number of nitrogens with zero attached hydrogens (tertiary/aromatic N) is 1. The van der Waals surface area contributed by atoms with Gasteiger partial charge in [0.25, 0.3) is 0 Å². The number of halogens is 1. The Bertz CT molecular complexity index is 206. The van der Waals surface area contributed by atoms with Crippen LogP contribution in [0.25, 0.3) is 0 Å². The molecular weight excluding hydrogens is 236 g/mol. The van der Waals surface area contributed by atoms with Gasteiger partial charge in [-0.2, -0.15) is 0 Å². The zero-order valence-electron chi connectivity index (χ0n) is 11.2. The second kappa shape index (κ2) is 9.72. The van der Waals surface area contributed by atoms with Gasteiger partial charge in [0, 0.05) is 19.0 Å². The minimum absolute atomic E-state index is 0. The molecule has 1 amide bonds. The fourth-order valence-corrected chi connectivity index (χ4v) is 2.59. The van der Waals surface area contributed by atoms with E-state index < -0.39 is 0 Å². The van der Waals surface area contributed by atoms with Gasteiger partial charge in [-0.25, -0.2) is 0 Å². The van der Waals surface area contributed by atoms with E-state index in [9.17, 15) is 4.79 Å². The molecule has 1 N–H and O–H groups in total. The Balaban J connectivity index is 0.00000256. The van der Waals surface area contributed by atoms with Crippen LogP contribution in [0.15, 0.2) is 0 Å². The normalized spacial score (nSPS) is 16.4. The number of hydrogen-bond donors (Lipinski definition) is 1. The van der Waals surface area contributed by atoms with Crippen molar-refractivity contribution >= 4 is 18.3 Å². The number of carbonyl (C=O) groups is 1. The van der Waals surface area contributed by atoms with Crippen molar-refractivity contribution < 1.29 is 4.79 Å². The third-order valence-electron chi connectivity index (χ3n) is 3.49. The van der Waals surface area contributed by atoms with Crippen molar-refractivity contribution in [1.82, 2.24) is 10.2 Å². The van der Waals surface area contributed by atoms with Gasteiger partial charge in [-0.3, -0.25) is 4.79 Å². The maximum Gasteiger partial charge on any atom is 0.222 e. The van der Waals surface area contributed by atoms with E-state index in [-0.39, 0.29) is 12.4 Å². The Labute approximate surface area is 112 Å². The Morgan fingerprint density at radius 2 is 1.94 bits per heavy atom. The molecule has 0 heterocycles. The molecule has 0 aromatic heterocycles. The van der Waals surface area contributed by atoms with E-state index in [4.69, 9.17) is 0 Å². The average Bonchev–Trinajstić information content (AvgIpc) is 2.32. The molecule has 3 nitrogen and oxygen atoms in total. The van der Waals surface area contributed by atoms with Gasteiger partial charge in [-0.05, 0) is 39.8 Å². The molecule has 1 aliphatic rings. The molecule has 1 fully saturated rings. The number of rotatable bonds is 6. The minimum Gasteiger partial charge on any atom is -0.340 e. The quantitative estimate of drug-likeness (QED) is 0.747. The molecule has 1 aliphatic carbocycles. The Hall–Kier alpha value is -0.280. The van der Waals surface area contributed by atoms with Crippen LogP contribution in [0.4, 0.5) is 0 Å². The van der Waals surface area contributed by atoms with Crippen LogP contribution in [-0.4, -0.2) is 37.0 Å². The van der Waals surface area contributed by atoms with E-state index in [1.165, 1.54) is 32.1 Å². The van der Waals surface area contributed by atoms with E-state index in [1.54, 1.807) is 0 Å². The van der Waals surface area contributed by atoms with Gasteiger partial charge in [-0.15, -0.1) is 12.4 Å². The highest BCUT2D eigenvalue weighted by atomic mass is 35.5. The van der Waals surface area contributed by atoms with Crippen molar-refractivity contribution in [2.75, 3.05) is 20.1 Å². The van der Waals surface area contributed by atoms with Crippen molar-refractivity contribution in [1.29, 1.82) is 0 Å². The maximum absolute atomic E-state index is 12.0. The van der Waals surface area contributed by atoms with E-state index in [0.717, 1.165) is 19.5 Å². The van der Waals surface area contributed by atoms with Crippen LogP contribution in [-0.2, 0) is 4.79 Å². The molecule has 0 aromatic rings. The van der Waals surface area contributed by atoms with Gasteiger partial charge < -0.3 is 10.2 Å². The van der Waals surface area contributed by atoms with Crippen molar-refractivity contribution in [3.63, 3.8) is 0 Å². The standard InChI is InChI=1S/C13H26N2O.ClH/c1-3-15(12-8-5-4-6-9-12)13(16)10-7-11-14-2;/h12,14H,3-11H2,1-2H3;1H. The summed E-state index contributed by atoms with van der Waals surface area (Å²) in [7, 11) is 1.93. The largest absolute Gasteiger partial charge is 0.340 e. The van der Waals surface area contributed by atoms with Crippen LogP contribution < -0.4 is 5.32 Å². The average molecular weight is 263 g/mol. The molecule has 17 heavy (non-hydrogen) atoms. The SMILES string of the molecule is CCN(C(=O)CCCNC)C1CCCCC1.Cl. The first-order valence-corrected chi connectivity index (χ1v) is 6.73. The second-order valence-electron chi connectivity index (χ2n) is 4.68. The van der Waals surface area contributed by atoms with E-state index >= 15 is 0 Å². The third-order valence-corrected chi connectivity index (χ3v) is 3.49. The first kappa shape index (κ1) is 16.7. The lowest BCUT2D eigenvalue weighted by atomic mass is 9.94. The smallest absolute Gasteiger partial charge is 0.222 e. The number of hydrogen-bond acceptors (Lipinski definition) is 2. The first-order chi connectivity index (χ1) is 7.79. The van der Waals surface area contributed by atoms with Crippen LogP contribution in [0.3, 0.4) is 0 Å². The van der Waals surface area contributed by atoms with Crippen LogP contribution >= 0.6 is 12.4 Å². The lowest BCUT2D eigenvalue weighted by Crippen LogP contribution is -2.41. The molecule has 0 spiro atoms. The zero-order valence-corrected chi connectivity index (χ0v) is 12.0. The van der Waals surface area contributed by atoms with Gasteiger partial charge in [0.05, 0.1) is 0 Å². The molecule has 0 aliphatic heterocycles. The molecule has 0 unspecified atom stereocenters. The van der Waals surface area contributed by atoms with Gasteiger partial charge >= 0.3 is 0 Å². The first-order valence-electron chi connectivity index (χ1n) is 6.73. The fraction of sp³-hybridized carbons (Fsp3) is 0.923. The summed E-state index contributed by atoms with van der Waals surface area (Å²) in [5.41, 5.74) is 0. The zero-order chi connectivity index (χ0) is 11.8. The highest BCUT2D eigenvalue weighted by Crippen LogP contribution is 2.23. The minimum atomic E-state index is 0. The Morgan fingerprint density at radius 3 is 2.47 bits per heavy atom. The van der Waals surface area contributed by atoms with Crippen LogP contribution in [0.2, 0.25) is 0 Å². The number of carbonyl (C=O) groups excluding carboxylic acids is 1. The molecule has 0 atom stereocenters. The van der Waals surface area contributed by atoms with E-state index in [0.29, 0.717) is 18.4 Å². The molecule has 4 heteroatoms. The lowest BCUT2D eigenvalue weighted by Gasteiger charge is -2.33. The van der Waals surface area contributed by atoms with E-state index in [2.05, 4.69) is 17.1 Å². The highest BCUT2D eigenvalue weighted by molar-refractivity contribution is 5.85. The third kappa shape index (κ3) is 5.73. The molecule has 1 saturated carbocycles. The number of amides is 1. The second-order valence-corrected chi connectivity index (χ2v) is 4.68. The fourth-order valence-electron chi connectivity index (χ4n) is 2.59.